The van der Waals surface area contributed by atoms with Crippen LogP contribution >= 0.6 is 0 Å². The molecule has 3 rings (SSSR count). The van der Waals surface area contributed by atoms with E-state index in [4.69, 9.17) is 14.2 Å². The fourth-order valence-corrected chi connectivity index (χ4v) is 5.07. The second-order valence-corrected chi connectivity index (χ2v) is 9.77. The van der Waals surface area contributed by atoms with E-state index >= 15 is 0 Å². The normalized spacial score (nSPS) is 12.2. The number of hydrogen-bond acceptors (Lipinski definition) is 9. The Bertz CT molecular complexity index is 1260. The number of rotatable bonds is 15. The molecule has 3 aromatic carbocycles. The predicted octanol–water partition coefficient (Wildman–Crippen LogP) is 4.38. The van der Waals surface area contributed by atoms with Crippen LogP contribution in [0.2, 0.25) is 0 Å². The summed E-state index contributed by atoms with van der Waals surface area (Å²) in [6.45, 7) is 7.84. The first-order chi connectivity index (χ1) is 19.8. The molecular formula is C32H42O9. The van der Waals surface area contributed by atoms with Gasteiger partial charge in [-0.2, -0.15) is 0 Å². The number of ether oxygens (including phenoxy) is 3. The lowest BCUT2D eigenvalue weighted by Gasteiger charge is -2.27. The maximum Gasteiger partial charge on any atom is 0.126 e. The Balaban J connectivity index is 2.43. The summed E-state index contributed by atoms with van der Waals surface area (Å²) in [6, 6.07) is 8.84. The van der Waals surface area contributed by atoms with Crippen molar-refractivity contribution in [2.45, 2.75) is 73.3 Å². The first kappa shape index (κ1) is 32.3. The number of phenolic OH excluding ortho intramolecular Hbond substituents is 1. The van der Waals surface area contributed by atoms with Gasteiger partial charge in [-0.15, -0.1) is 0 Å². The second kappa shape index (κ2) is 15.2. The van der Waals surface area contributed by atoms with Crippen molar-refractivity contribution in [1.29, 1.82) is 0 Å². The van der Waals surface area contributed by atoms with Crippen LogP contribution < -0.4 is 0 Å². The van der Waals surface area contributed by atoms with Crippen LogP contribution in [0, 0.1) is 6.92 Å². The predicted molar refractivity (Wildman–Crippen MR) is 154 cm³/mol. The van der Waals surface area contributed by atoms with Crippen molar-refractivity contribution in [3.63, 3.8) is 0 Å². The zero-order valence-electron chi connectivity index (χ0n) is 24.2. The van der Waals surface area contributed by atoms with Gasteiger partial charge < -0.3 is 44.8 Å². The standard InChI is InChI=1S/C32H42O9/c1-5-39-16-24-10-21(11-25(31(24)37)17-40-6-2)29(20-8-22(13-33)30(36)23(9-20)14-34)27-12-26(18-41-7-3)32(38)28(15-35)19(27)4/h8-12,29,33-38H,5-7,13-18H2,1-4H3. The van der Waals surface area contributed by atoms with Gasteiger partial charge in [0.1, 0.15) is 17.2 Å². The molecule has 0 heterocycles. The average Bonchev–Trinajstić information content (AvgIpc) is 2.97. The molecule has 1 unspecified atom stereocenters. The number of hydrogen-bond donors (Lipinski definition) is 6. The van der Waals surface area contributed by atoms with Crippen LogP contribution in [-0.4, -0.2) is 50.5 Å². The maximum absolute atomic E-state index is 11.1. The number of aromatic hydroxyl groups is 3. The minimum Gasteiger partial charge on any atom is -0.507 e. The Morgan fingerprint density at radius 3 is 1.34 bits per heavy atom. The van der Waals surface area contributed by atoms with Gasteiger partial charge in [-0.25, -0.2) is 0 Å². The number of aliphatic hydroxyl groups is 3. The highest BCUT2D eigenvalue weighted by molar-refractivity contribution is 5.58. The Kier molecular flexibility index (Phi) is 12.0. The van der Waals surface area contributed by atoms with Gasteiger partial charge in [-0.3, -0.25) is 0 Å². The molecule has 0 amide bonds. The molecule has 0 saturated heterocycles. The molecule has 3 aromatic rings. The molecule has 0 aliphatic rings. The molecule has 0 aliphatic carbocycles. The molecule has 0 aromatic heterocycles. The van der Waals surface area contributed by atoms with Gasteiger partial charge in [0.25, 0.3) is 0 Å². The molecule has 0 aliphatic heterocycles. The Morgan fingerprint density at radius 2 is 0.951 bits per heavy atom. The minimum absolute atomic E-state index is 0.0430. The van der Waals surface area contributed by atoms with Gasteiger partial charge in [-0.1, -0.05) is 0 Å². The first-order valence-electron chi connectivity index (χ1n) is 13.8. The molecule has 0 saturated carbocycles. The van der Waals surface area contributed by atoms with Gasteiger partial charge in [0.2, 0.25) is 0 Å². The van der Waals surface area contributed by atoms with Gasteiger partial charge in [0, 0.05) is 59.1 Å². The molecule has 41 heavy (non-hydrogen) atoms. The zero-order chi connectivity index (χ0) is 30.1. The van der Waals surface area contributed by atoms with Gasteiger partial charge >= 0.3 is 0 Å². The fraction of sp³-hybridized carbons (Fsp3) is 0.438. The van der Waals surface area contributed by atoms with E-state index in [2.05, 4.69) is 0 Å². The molecule has 9 nitrogen and oxygen atoms in total. The van der Waals surface area contributed by atoms with Gasteiger partial charge in [-0.05, 0) is 80.3 Å². The monoisotopic (exact) mass is 570 g/mol. The van der Waals surface area contributed by atoms with Crippen molar-refractivity contribution in [2.24, 2.45) is 0 Å². The zero-order valence-corrected chi connectivity index (χ0v) is 24.2. The molecule has 0 fully saturated rings. The minimum atomic E-state index is -0.571. The average molecular weight is 571 g/mol. The largest absolute Gasteiger partial charge is 0.507 e. The van der Waals surface area contributed by atoms with Crippen LogP contribution in [0.4, 0.5) is 0 Å². The lowest BCUT2D eigenvalue weighted by Crippen LogP contribution is -2.12. The van der Waals surface area contributed by atoms with Gasteiger partial charge in [0.15, 0.2) is 0 Å². The molecule has 224 valence electrons. The van der Waals surface area contributed by atoms with E-state index in [1.54, 1.807) is 19.1 Å². The topological polar surface area (TPSA) is 149 Å². The van der Waals surface area contributed by atoms with Crippen molar-refractivity contribution < 1.29 is 44.8 Å². The summed E-state index contributed by atoms with van der Waals surface area (Å²) in [6.07, 6.45) is 0. The Labute approximate surface area is 241 Å². The third kappa shape index (κ3) is 7.19. The highest BCUT2D eigenvalue weighted by atomic mass is 16.5. The number of aliphatic hydroxyl groups excluding tert-OH is 3. The van der Waals surface area contributed by atoms with E-state index in [0.717, 1.165) is 11.1 Å². The van der Waals surface area contributed by atoms with E-state index in [1.165, 1.54) is 0 Å². The highest BCUT2D eigenvalue weighted by Crippen LogP contribution is 2.43. The van der Waals surface area contributed by atoms with Crippen molar-refractivity contribution in [2.75, 3.05) is 19.8 Å². The van der Waals surface area contributed by atoms with Crippen LogP contribution in [0.25, 0.3) is 0 Å². The van der Waals surface area contributed by atoms with E-state index in [-0.39, 0.29) is 48.2 Å². The molecule has 0 radical (unpaired) electrons. The van der Waals surface area contributed by atoms with Crippen molar-refractivity contribution in [3.8, 4) is 17.2 Å². The maximum atomic E-state index is 11.1. The second-order valence-electron chi connectivity index (χ2n) is 9.77. The van der Waals surface area contributed by atoms with E-state index in [0.29, 0.717) is 53.2 Å². The van der Waals surface area contributed by atoms with Crippen LogP contribution in [-0.2, 0) is 53.9 Å². The smallest absolute Gasteiger partial charge is 0.126 e. The van der Waals surface area contributed by atoms with E-state index in [9.17, 15) is 30.6 Å². The number of phenols is 3. The molecule has 0 bridgehead atoms. The summed E-state index contributed by atoms with van der Waals surface area (Å²) in [5, 5.41) is 62.9. The molecule has 0 spiro atoms. The van der Waals surface area contributed by atoms with Crippen LogP contribution in [0.3, 0.4) is 0 Å². The molecule has 6 N–H and O–H groups in total. The summed E-state index contributed by atoms with van der Waals surface area (Å²) in [5.74, 6) is -0.729. The van der Waals surface area contributed by atoms with E-state index < -0.39 is 25.7 Å². The Hall–Kier alpha value is -3.18. The Morgan fingerprint density at radius 1 is 0.561 bits per heavy atom. The quantitative estimate of drug-likeness (QED) is 0.146. The lowest BCUT2D eigenvalue weighted by molar-refractivity contribution is 0.126. The van der Waals surface area contributed by atoms with Crippen molar-refractivity contribution in [3.05, 3.63) is 86.0 Å². The summed E-state index contributed by atoms with van der Waals surface area (Å²) >= 11 is 0. The highest BCUT2D eigenvalue weighted by Gasteiger charge is 2.27. The lowest BCUT2D eigenvalue weighted by atomic mass is 9.79. The van der Waals surface area contributed by atoms with Crippen LogP contribution in [0.5, 0.6) is 17.2 Å². The first-order valence-corrected chi connectivity index (χ1v) is 13.8. The fourth-order valence-electron chi connectivity index (χ4n) is 5.07. The van der Waals surface area contributed by atoms with Gasteiger partial charge in [0.05, 0.1) is 39.6 Å². The third-order valence-corrected chi connectivity index (χ3v) is 7.25. The SMILES string of the molecule is CCOCc1cc(C(c2cc(CO)c(O)c(CO)c2)c2cc(COCC)c(O)c(CO)c2C)cc(COCC)c1O. The molecule has 9 heteroatoms. The third-order valence-electron chi connectivity index (χ3n) is 7.25. The van der Waals surface area contributed by atoms with E-state index in [1.807, 2.05) is 39.0 Å². The van der Waals surface area contributed by atoms with Crippen molar-refractivity contribution in [1.82, 2.24) is 0 Å². The molecular weight excluding hydrogens is 528 g/mol. The van der Waals surface area contributed by atoms with Crippen molar-refractivity contribution >= 4 is 0 Å². The van der Waals surface area contributed by atoms with Crippen LogP contribution in [0.1, 0.15) is 82.3 Å². The summed E-state index contributed by atoms with van der Waals surface area (Å²) in [7, 11) is 0. The van der Waals surface area contributed by atoms with Crippen LogP contribution in [0.15, 0.2) is 30.3 Å². The number of benzene rings is 3. The summed E-state index contributed by atoms with van der Waals surface area (Å²) in [5.41, 5.74) is 5.21. The molecule has 1 atom stereocenters. The summed E-state index contributed by atoms with van der Waals surface area (Å²) in [4.78, 5) is 0. The summed E-state index contributed by atoms with van der Waals surface area (Å²) < 4.78 is 16.9.